The average molecular weight is 337 g/mol. The first-order valence-electron chi connectivity index (χ1n) is 7.11. The fraction of sp³-hybridized carbons (Fsp3) is 0.222. The quantitative estimate of drug-likeness (QED) is 0.440. The van der Waals surface area contributed by atoms with Gasteiger partial charge in [-0.2, -0.15) is 13.2 Å². The third kappa shape index (κ3) is 7.09. The standard InChI is InChI=1S/C11H10F3NO2.C7H8/c1-7(15-17-8(2)16)9-4-3-5-10(6-9)11(12,13)14;1-7-5-3-2-4-6-7/h3-6H,1-2H3;2-6H,1H3/b15-7+;. The maximum Gasteiger partial charge on any atom is 0.416 e. The molecular formula is C18H18F3NO2. The van der Waals surface area contributed by atoms with Gasteiger partial charge in [-0.25, -0.2) is 4.79 Å². The van der Waals surface area contributed by atoms with E-state index >= 15 is 0 Å². The smallest absolute Gasteiger partial charge is 0.318 e. The van der Waals surface area contributed by atoms with Crippen LogP contribution in [0.25, 0.3) is 0 Å². The minimum absolute atomic E-state index is 0.200. The van der Waals surface area contributed by atoms with Gasteiger partial charge in [-0.1, -0.05) is 53.2 Å². The first kappa shape index (κ1) is 19.4. The van der Waals surface area contributed by atoms with Crippen molar-refractivity contribution in [2.75, 3.05) is 0 Å². The van der Waals surface area contributed by atoms with Crippen LogP contribution in [0.15, 0.2) is 59.8 Å². The number of nitrogens with zero attached hydrogens (tertiary/aromatic N) is 1. The molecule has 0 atom stereocenters. The summed E-state index contributed by atoms with van der Waals surface area (Å²) in [4.78, 5) is 14.8. The van der Waals surface area contributed by atoms with Crippen molar-refractivity contribution in [2.45, 2.75) is 26.9 Å². The Labute approximate surface area is 138 Å². The Hall–Kier alpha value is -2.63. The van der Waals surface area contributed by atoms with E-state index in [0.29, 0.717) is 0 Å². The molecule has 0 unspecified atom stereocenters. The first-order valence-corrected chi connectivity index (χ1v) is 7.11. The molecular weight excluding hydrogens is 319 g/mol. The molecule has 0 fully saturated rings. The van der Waals surface area contributed by atoms with Gasteiger partial charge < -0.3 is 4.84 Å². The highest BCUT2D eigenvalue weighted by Crippen LogP contribution is 2.29. The summed E-state index contributed by atoms with van der Waals surface area (Å²) in [5, 5.41) is 3.42. The van der Waals surface area contributed by atoms with Crippen LogP contribution in [0.5, 0.6) is 0 Å². The summed E-state index contributed by atoms with van der Waals surface area (Å²) in [6.07, 6.45) is -4.41. The highest BCUT2D eigenvalue weighted by atomic mass is 19.4. The molecule has 0 aliphatic rings. The number of hydrogen-bond donors (Lipinski definition) is 0. The van der Waals surface area contributed by atoms with E-state index in [-0.39, 0.29) is 11.3 Å². The number of alkyl halides is 3. The van der Waals surface area contributed by atoms with Crippen LogP contribution in [0.3, 0.4) is 0 Å². The summed E-state index contributed by atoms with van der Waals surface area (Å²) >= 11 is 0. The zero-order valence-electron chi connectivity index (χ0n) is 13.6. The monoisotopic (exact) mass is 337 g/mol. The second-order valence-corrected chi connectivity index (χ2v) is 4.99. The summed E-state index contributed by atoms with van der Waals surface area (Å²) in [5.41, 5.74) is 1.00. The van der Waals surface area contributed by atoms with E-state index in [1.807, 2.05) is 18.2 Å². The SMILES string of the molecule is CC(=O)O/N=C(\C)c1cccc(C(F)(F)F)c1.Cc1ccccc1. The molecule has 0 bridgehead atoms. The van der Waals surface area contributed by atoms with Crippen molar-refractivity contribution in [3.05, 3.63) is 71.3 Å². The normalized spacial score (nSPS) is 11.3. The molecule has 0 aromatic heterocycles. The molecule has 0 saturated heterocycles. The van der Waals surface area contributed by atoms with Gasteiger partial charge in [-0.05, 0) is 31.5 Å². The van der Waals surface area contributed by atoms with Crippen LogP contribution in [-0.2, 0) is 15.8 Å². The average Bonchev–Trinajstić information content (AvgIpc) is 2.53. The molecule has 0 heterocycles. The molecule has 0 aliphatic heterocycles. The van der Waals surface area contributed by atoms with Gasteiger partial charge in [0.1, 0.15) is 0 Å². The molecule has 3 nitrogen and oxygen atoms in total. The lowest BCUT2D eigenvalue weighted by atomic mass is 10.1. The topological polar surface area (TPSA) is 38.7 Å². The number of hydrogen-bond acceptors (Lipinski definition) is 3. The highest BCUT2D eigenvalue weighted by Gasteiger charge is 2.30. The van der Waals surface area contributed by atoms with Gasteiger partial charge in [-0.3, -0.25) is 0 Å². The minimum atomic E-state index is -4.41. The Morgan fingerprint density at radius 2 is 1.62 bits per heavy atom. The van der Waals surface area contributed by atoms with Gasteiger partial charge in [0.25, 0.3) is 0 Å². The predicted molar refractivity (Wildman–Crippen MR) is 86.6 cm³/mol. The van der Waals surface area contributed by atoms with Gasteiger partial charge >= 0.3 is 12.1 Å². The van der Waals surface area contributed by atoms with Crippen molar-refractivity contribution in [1.82, 2.24) is 0 Å². The lowest BCUT2D eigenvalue weighted by molar-refractivity contribution is -0.141. The van der Waals surface area contributed by atoms with Crippen molar-refractivity contribution < 1.29 is 22.8 Å². The number of halogens is 3. The van der Waals surface area contributed by atoms with Crippen LogP contribution >= 0.6 is 0 Å². The molecule has 2 rings (SSSR count). The van der Waals surface area contributed by atoms with E-state index < -0.39 is 17.7 Å². The minimum Gasteiger partial charge on any atom is -0.318 e. The predicted octanol–water partition coefficient (Wildman–Crippen LogP) is 4.99. The van der Waals surface area contributed by atoms with Crippen molar-refractivity contribution in [3.63, 3.8) is 0 Å². The van der Waals surface area contributed by atoms with E-state index in [1.165, 1.54) is 24.6 Å². The number of benzene rings is 2. The second-order valence-electron chi connectivity index (χ2n) is 4.99. The summed E-state index contributed by atoms with van der Waals surface area (Å²) in [6.45, 7) is 4.70. The van der Waals surface area contributed by atoms with Crippen molar-refractivity contribution in [2.24, 2.45) is 5.16 Å². The van der Waals surface area contributed by atoms with Gasteiger partial charge in [0.05, 0.1) is 11.3 Å². The Balaban J connectivity index is 0.000000341. The first-order chi connectivity index (χ1) is 11.2. The molecule has 0 amide bonds. The van der Waals surface area contributed by atoms with Crippen LogP contribution in [0, 0.1) is 6.92 Å². The zero-order chi connectivity index (χ0) is 18.2. The summed E-state index contributed by atoms with van der Waals surface area (Å²) in [5.74, 6) is -0.628. The fourth-order valence-corrected chi connectivity index (χ4v) is 1.64. The number of aryl methyl sites for hydroxylation is 1. The van der Waals surface area contributed by atoms with Crippen LogP contribution in [0.1, 0.15) is 30.5 Å². The largest absolute Gasteiger partial charge is 0.416 e. The van der Waals surface area contributed by atoms with Crippen molar-refractivity contribution >= 4 is 11.7 Å². The molecule has 2 aromatic carbocycles. The molecule has 2 aromatic rings. The Kier molecular flexibility index (Phi) is 7.17. The molecule has 0 saturated carbocycles. The van der Waals surface area contributed by atoms with Crippen LogP contribution in [-0.4, -0.2) is 11.7 Å². The maximum atomic E-state index is 12.4. The van der Waals surface area contributed by atoms with Gasteiger partial charge in [0, 0.05) is 6.92 Å². The molecule has 128 valence electrons. The molecule has 0 N–H and O–H groups in total. The van der Waals surface area contributed by atoms with Gasteiger partial charge in [0.15, 0.2) is 0 Å². The number of oxime groups is 1. The second kappa shape index (κ2) is 8.86. The number of rotatable bonds is 2. The third-order valence-electron chi connectivity index (χ3n) is 2.86. The van der Waals surface area contributed by atoms with Crippen LogP contribution < -0.4 is 0 Å². The molecule has 0 spiro atoms. The zero-order valence-corrected chi connectivity index (χ0v) is 13.6. The molecule has 0 radical (unpaired) electrons. The fourth-order valence-electron chi connectivity index (χ4n) is 1.64. The number of carbonyl (C=O) groups is 1. The third-order valence-corrected chi connectivity index (χ3v) is 2.86. The van der Waals surface area contributed by atoms with Crippen molar-refractivity contribution in [1.29, 1.82) is 0 Å². The Bertz CT molecular complexity index is 695. The maximum absolute atomic E-state index is 12.4. The number of carbonyl (C=O) groups excluding carboxylic acids is 1. The van der Waals surface area contributed by atoms with E-state index in [4.69, 9.17) is 0 Å². The lowest BCUT2D eigenvalue weighted by Gasteiger charge is -2.08. The Morgan fingerprint density at radius 3 is 2.08 bits per heavy atom. The lowest BCUT2D eigenvalue weighted by Crippen LogP contribution is -2.07. The van der Waals surface area contributed by atoms with E-state index in [9.17, 15) is 18.0 Å². The Morgan fingerprint density at radius 1 is 1.00 bits per heavy atom. The summed E-state index contributed by atoms with van der Waals surface area (Å²) in [6, 6.07) is 14.9. The van der Waals surface area contributed by atoms with Crippen molar-refractivity contribution in [3.8, 4) is 0 Å². The van der Waals surface area contributed by atoms with Crippen LogP contribution in [0.2, 0.25) is 0 Å². The molecule has 0 aliphatic carbocycles. The highest BCUT2D eigenvalue weighted by molar-refractivity contribution is 5.98. The summed E-state index contributed by atoms with van der Waals surface area (Å²) < 4.78 is 37.3. The van der Waals surface area contributed by atoms with E-state index in [0.717, 1.165) is 19.1 Å². The van der Waals surface area contributed by atoms with Gasteiger partial charge in [-0.15, -0.1) is 0 Å². The molecule has 6 heteroatoms. The summed E-state index contributed by atoms with van der Waals surface area (Å²) in [7, 11) is 0. The van der Waals surface area contributed by atoms with E-state index in [2.05, 4.69) is 29.0 Å². The van der Waals surface area contributed by atoms with Crippen LogP contribution in [0.4, 0.5) is 13.2 Å². The van der Waals surface area contributed by atoms with Gasteiger partial charge in [0.2, 0.25) is 0 Å². The molecule has 24 heavy (non-hydrogen) atoms. The van der Waals surface area contributed by atoms with E-state index in [1.54, 1.807) is 0 Å².